The Bertz CT molecular complexity index is 444. The number of quaternary nitrogens is 3. The molecule has 0 amide bonds. The zero-order chi connectivity index (χ0) is 24.7. The molecule has 0 aromatic heterocycles. The van der Waals surface area contributed by atoms with Crippen LogP contribution in [0.1, 0.15) is 0 Å². The molecule has 3 unspecified atom stereocenters. The van der Waals surface area contributed by atoms with Crippen molar-refractivity contribution in [3.05, 3.63) is 0 Å². The van der Waals surface area contributed by atoms with E-state index < -0.39 is 36.0 Å². The van der Waals surface area contributed by atoms with E-state index in [1.54, 1.807) is 0 Å². The van der Waals surface area contributed by atoms with Crippen molar-refractivity contribution in [1.29, 1.82) is 0 Å². The zero-order valence-electron chi connectivity index (χ0n) is 18.2. The van der Waals surface area contributed by atoms with Gasteiger partial charge in [-0.05, 0) is 0 Å². The van der Waals surface area contributed by atoms with E-state index in [1.807, 2.05) is 0 Å². The molecule has 0 radical (unpaired) electrons. The molecule has 0 saturated carbocycles. The smallest absolute Gasteiger partial charge is 0.575 e. The summed E-state index contributed by atoms with van der Waals surface area (Å²) in [5.41, 5.74) is 10.7. The largest absolute Gasteiger partial charge is 1.00 e. The second-order valence-corrected chi connectivity index (χ2v) is 8.35. The van der Waals surface area contributed by atoms with Crippen LogP contribution in [0.2, 0.25) is 0 Å². The van der Waals surface area contributed by atoms with E-state index in [9.17, 15) is 14.4 Å². The summed E-state index contributed by atoms with van der Waals surface area (Å²) in [6, 6.07) is -1.50. The second-order valence-electron chi connectivity index (χ2n) is 5.44. The summed E-state index contributed by atoms with van der Waals surface area (Å²) in [7, 11) is 2.77. The number of halogens is 1. The number of hydrogen-bond donors (Lipinski definition) is 8. The van der Waals surface area contributed by atoms with Crippen molar-refractivity contribution in [2.24, 2.45) is 0 Å². The highest BCUT2D eigenvalue weighted by Gasteiger charge is 2.22. The van der Waals surface area contributed by atoms with E-state index >= 15 is 0 Å². The maximum Gasteiger partial charge on any atom is 0.575 e. The van der Waals surface area contributed by atoms with Gasteiger partial charge in [0.2, 0.25) is 0 Å². The fourth-order valence-corrected chi connectivity index (χ4v) is 3.53. The minimum Gasteiger partial charge on any atom is -1.00 e. The molecular weight excluding hydrogens is 530 g/mol. The summed E-state index contributed by atoms with van der Waals surface area (Å²) in [6.45, 7) is -0.723. The highest BCUT2D eigenvalue weighted by molar-refractivity contribution is 8.76. The molecule has 17 N–H and O–H groups in total. The molecule has 0 aliphatic carbocycles. The van der Waals surface area contributed by atoms with Crippen molar-refractivity contribution in [3.63, 3.8) is 0 Å². The quantitative estimate of drug-likeness (QED) is 0.0319. The van der Waals surface area contributed by atoms with Crippen LogP contribution in [0, 0.1) is 0 Å². The van der Waals surface area contributed by atoms with Crippen molar-refractivity contribution in [2.75, 3.05) is 56.9 Å². The Labute approximate surface area is 211 Å². The molecule has 0 aromatic rings. The lowest BCUT2D eigenvalue weighted by Crippen LogP contribution is -3.00. The number of aliphatic hydroxyl groups excluding tert-OH is 4. The molecule has 0 bridgehead atoms. The number of esters is 2. The molecular formula is C15H39ClN3O11S3+3. The van der Waals surface area contributed by atoms with Gasteiger partial charge in [-0.25, -0.2) is 9.59 Å². The van der Waals surface area contributed by atoms with Crippen molar-refractivity contribution in [1.82, 2.24) is 0 Å². The molecule has 18 heteroatoms. The Hall–Kier alpha value is -0.570. The Kier molecular flexibility index (Phi) is 40.6. The molecule has 0 aliphatic rings. The van der Waals surface area contributed by atoms with E-state index in [1.165, 1.54) is 21.6 Å². The van der Waals surface area contributed by atoms with Crippen LogP contribution >= 0.6 is 34.2 Å². The van der Waals surface area contributed by atoms with Crippen LogP contribution in [-0.4, -0.2) is 124 Å². The van der Waals surface area contributed by atoms with Gasteiger partial charge in [0.15, 0.2) is 12.1 Å². The lowest BCUT2D eigenvalue weighted by Gasteiger charge is -2.09. The molecule has 0 rings (SSSR count). The predicted molar refractivity (Wildman–Crippen MR) is 121 cm³/mol. The summed E-state index contributed by atoms with van der Waals surface area (Å²) < 4.78 is 9.46. The van der Waals surface area contributed by atoms with Crippen molar-refractivity contribution < 1.29 is 84.5 Å². The average molecular weight is 569 g/mol. The Balaban J connectivity index is -0.000000168. The van der Waals surface area contributed by atoms with Gasteiger partial charge in [-0.3, -0.25) is 0 Å². The lowest BCUT2D eigenvalue weighted by molar-refractivity contribution is -0.401. The summed E-state index contributed by atoms with van der Waals surface area (Å²) >= 11 is 3.75. The number of aliphatic hydroxyl groups is 4. The molecule has 33 heavy (non-hydrogen) atoms. The van der Waals surface area contributed by atoms with Gasteiger partial charge >= 0.3 is 17.9 Å². The first-order chi connectivity index (χ1) is 14.6. The number of carbonyl (C=O) groups is 3. The topological polar surface area (TPSA) is 288 Å². The van der Waals surface area contributed by atoms with Gasteiger partial charge in [0.1, 0.15) is 13.2 Å². The minimum atomic E-state index is -0.644. The maximum atomic E-state index is 11.3. The van der Waals surface area contributed by atoms with E-state index in [0.717, 1.165) is 0 Å². The fraction of sp³-hybridized carbons (Fsp3) is 0.800. The maximum absolute atomic E-state index is 11.3. The number of hydrogen-bond acceptors (Lipinski definition) is 12. The molecule has 202 valence electrons. The first-order valence-corrected chi connectivity index (χ1v) is 12.1. The van der Waals surface area contributed by atoms with Crippen LogP contribution in [0.25, 0.3) is 0 Å². The molecule has 0 spiro atoms. The van der Waals surface area contributed by atoms with E-state index in [2.05, 4.69) is 29.8 Å². The van der Waals surface area contributed by atoms with Crippen LogP contribution in [0.5, 0.6) is 0 Å². The molecule has 0 aromatic carbocycles. The number of thiol groups is 1. The van der Waals surface area contributed by atoms with Gasteiger partial charge in [0.05, 0.1) is 43.7 Å². The van der Waals surface area contributed by atoms with E-state index in [4.69, 9.17) is 35.0 Å². The summed E-state index contributed by atoms with van der Waals surface area (Å²) in [4.78, 5) is 32.6. The lowest BCUT2D eigenvalue weighted by atomic mass is 10.4. The first-order valence-electron chi connectivity index (χ1n) is 8.99. The van der Waals surface area contributed by atoms with Crippen LogP contribution in [0.4, 0.5) is 0 Å². The summed E-state index contributed by atoms with van der Waals surface area (Å²) in [5.74, 6) is -0.320. The van der Waals surface area contributed by atoms with Gasteiger partial charge in [-0.1, -0.05) is 21.6 Å². The third kappa shape index (κ3) is 31.4. The third-order valence-electron chi connectivity index (χ3n) is 2.65. The Morgan fingerprint density at radius 3 is 1.30 bits per heavy atom. The molecule has 14 nitrogen and oxygen atoms in total. The zero-order valence-corrected chi connectivity index (χ0v) is 21.5. The van der Waals surface area contributed by atoms with Crippen LogP contribution in [0.15, 0.2) is 0 Å². The fourth-order valence-electron chi connectivity index (χ4n) is 1.01. The highest BCUT2D eigenvalue weighted by atomic mass is 35.5. The van der Waals surface area contributed by atoms with Crippen LogP contribution in [-0.2, 0) is 23.9 Å². The van der Waals surface area contributed by atoms with E-state index in [0.29, 0.717) is 17.3 Å². The second kappa shape index (κ2) is 31.4. The van der Waals surface area contributed by atoms with Crippen molar-refractivity contribution >= 4 is 52.1 Å². The predicted octanol–water partition coefficient (Wildman–Crippen LogP) is -10.4. The van der Waals surface area contributed by atoms with Gasteiger partial charge in [-0.15, -0.1) is 0 Å². The van der Waals surface area contributed by atoms with Crippen molar-refractivity contribution in [3.8, 4) is 0 Å². The number of carbonyl (C=O) groups excluding carboxylic acids is 3. The SMILES string of the molecule is O.OCCO.[Cl-].[NH3+]C(CS)C(=O)[OH2+].[NH3+]C(CSSCC([NH3+])C(=O)OCCO)C(=O)OCCO. The molecule has 0 fully saturated rings. The molecule has 0 heterocycles. The van der Waals surface area contributed by atoms with Gasteiger partial charge in [-0.2, -0.15) is 12.6 Å². The molecule has 0 saturated heterocycles. The molecule has 3 atom stereocenters. The minimum absolute atomic E-state index is 0. The van der Waals surface area contributed by atoms with Crippen molar-refractivity contribution in [2.45, 2.75) is 18.1 Å². The standard InChI is InChI=1S/C10H20N2O6S2.C3H7NO2S.C2H6O2.ClH.H2O/c11-7(9(15)17-3-1-13)5-19-20-6-8(12)10(16)18-4-2-14;4-2(1-7)3(5)6;3-1-2-4;;/h7-8,13-14H,1-6,11-12H2;2,7H,1,4H2,(H,5,6);3-4H,1-2H2;1H;1H2/p+3. The monoisotopic (exact) mass is 568 g/mol. The number of rotatable bonds is 14. The van der Waals surface area contributed by atoms with Gasteiger partial charge < -0.3 is 70.1 Å². The van der Waals surface area contributed by atoms with Crippen LogP contribution < -0.4 is 29.6 Å². The van der Waals surface area contributed by atoms with Gasteiger partial charge in [0, 0.05) is 4.79 Å². The summed E-state index contributed by atoms with van der Waals surface area (Å²) in [5, 5.41) is 38.7. The Morgan fingerprint density at radius 2 is 1.12 bits per heavy atom. The third-order valence-corrected chi connectivity index (χ3v) is 5.65. The highest BCUT2D eigenvalue weighted by Crippen LogP contribution is 2.21. The van der Waals surface area contributed by atoms with Crippen LogP contribution in [0.3, 0.4) is 0 Å². The molecule has 0 aliphatic heterocycles. The Morgan fingerprint density at radius 1 is 0.788 bits per heavy atom. The normalized spacial score (nSPS) is 12.0. The average Bonchev–Trinajstić information content (AvgIpc) is 2.77. The first kappa shape index (κ1) is 42.6. The van der Waals surface area contributed by atoms with Gasteiger partial charge in [0.25, 0.3) is 6.04 Å². The summed E-state index contributed by atoms with van der Waals surface area (Å²) in [6.07, 6.45) is 0. The number of ether oxygens (including phenoxy) is 2. The van der Waals surface area contributed by atoms with E-state index in [-0.39, 0.29) is 57.5 Å².